The smallest absolute Gasteiger partial charge is 0.380 e. The van der Waals surface area contributed by atoms with Gasteiger partial charge >= 0.3 is 16.1 Å². The maximum absolute atomic E-state index is 14.7. The van der Waals surface area contributed by atoms with Crippen LogP contribution < -0.4 is 5.32 Å². The van der Waals surface area contributed by atoms with E-state index in [-0.39, 0.29) is 23.2 Å². The second-order valence-corrected chi connectivity index (χ2v) is 8.05. The minimum Gasteiger partial charge on any atom is -0.380 e. The molecule has 0 saturated carbocycles. The summed E-state index contributed by atoms with van der Waals surface area (Å²) in [7, 11) is -4.57. The number of carbonyl (C=O) groups is 1. The second kappa shape index (κ2) is 8.41. The van der Waals surface area contributed by atoms with Crippen LogP contribution in [0.2, 0.25) is 5.02 Å². The Labute approximate surface area is 169 Å². The van der Waals surface area contributed by atoms with Crippen LogP contribution in [0.5, 0.6) is 0 Å². The van der Waals surface area contributed by atoms with Gasteiger partial charge in [0.25, 0.3) is 5.91 Å². The molecule has 3 rings (SSSR count). The first-order valence-corrected chi connectivity index (χ1v) is 10.1. The second-order valence-electron chi connectivity index (χ2n) is 6.07. The van der Waals surface area contributed by atoms with Gasteiger partial charge in [0.15, 0.2) is 10.7 Å². The minimum absolute atomic E-state index is 0.0407. The van der Waals surface area contributed by atoms with Gasteiger partial charge in [0.05, 0.1) is 15.9 Å². The first kappa shape index (κ1) is 21.1. The van der Waals surface area contributed by atoms with E-state index in [4.69, 9.17) is 16.3 Å². The number of nitrogens with one attached hydrogen (secondary N) is 1. The SMILES string of the molecule is O=C(Nc1ccc(F)c(Cl)c1)c1c(F)ccc(S(=O)(=O)[N+]#CC2CCOC2)c1F. The van der Waals surface area contributed by atoms with Gasteiger partial charge < -0.3 is 10.1 Å². The first-order valence-electron chi connectivity index (χ1n) is 8.23. The fourth-order valence-electron chi connectivity index (χ4n) is 2.54. The third-order valence-corrected chi connectivity index (χ3v) is 5.53. The summed E-state index contributed by atoms with van der Waals surface area (Å²) in [6, 6.07) is 6.77. The van der Waals surface area contributed by atoms with Gasteiger partial charge in [-0.2, -0.15) is 0 Å². The Balaban J connectivity index is 1.93. The molecular weight excluding hydrogens is 433 g/mol. The van der Waals surface area contributed by atoms with E-state index < -0.39 is 43.8 Å². The third-order valence-electron chi connectivity index (χ3n) is 4.02. The van der Waals surface area contributed by atoms with Crippen molar-refractivity contribution in [2.45, 2.75) is 11.3 Å². The molecule has 29 heavy (non-hydrogen) atoms. The van der Waals surface area contributed by atoms with Crippen molar-refractivity contribution in [2.75, 3.05) is 18.5 Å². The number of sulfonamides is 1. The molecule has 1 amide bonds. The Kier molecular flexibility index (Phi) is 6.12. The van der Waals surface area contributed by atoms with Crippen LogP contribution in [-0.4, -0.2) is 27.5 Å². The molecule has 0 bridgehead atoms. The van der Waals surface area contributed by atoms with Gasteiger partial charge in [-0.15, -0.1) is 8.42 Å². The quantitative estimate of drug-likeness (QED) is 0.772. The molecule has 1 atom stereocenters. The largest absolute Gasteiger partial charge is 0.513 e. The van der Waals surface area contributed by atoms with Gasteiger partial charge in [-0.3, -0.25) is 4.79 Å². The molecule has 1 heterocycles. The van der Waals surface area contributed by atoms with Gasteiger partial charge in [-0.05, 0) is 36.8 Å². The zero-order valence-corrected chi connectivity index (χ0v) is 16.2. The summed E-state index contributed by atoms with van der Waals surface area (Å²) in [5.74, 6) is -5.29. The van der Waals surface area contributed by atoms with Crippen molar-refractivity contribution < 1.29 is 31.1 Å². The van der Waals surface area contributed by atoms with Gasteiger partial charge in [0.2, 0.25) is 0 Å². The van der Waals surface area contributed by atoms with E-state index in [0.29, 0.717) is 25.2 Å². The van der Waals surface area contributed by atoms with Crippen LogP contribution in [0.4, 0.5) is 18.9 Å². The maximum atomic E-state index is 14.7. The molecule has 11 heteroatoms. The summed E-state index contributed by atoms with van der Waals surface area (Å²) in [5.41, 5.74) is -1.17. The zero-order valence-electron chi connectivity index (χ0n) is 14.6. The van der Waals surface area contributed by atoms with Crippen LogP contribution in [0.1, 0.15) is 16.8 Å². The van der Waals surface area contributed by atoms with E-state index in [1.807, 2.05) is 0 Å². The van der Waals surface area contributed by atoms with E-state index in [0.717, 1.165) is 18.2 Å². The number of hydrogen-bond donors (Lipinski definition) is 1. The van der Waals surface area contributed by atoms with Crippen molar-refractivity contribution in [3.8, 4) is 6.07 Å². The van der Waals surface area contributed by atoms with Crippen LogP contribution >= 0.6 is 11.6 Å². The molecule has 0 aromatic heterocycles. The molecule has 1 fully saturated rings. The zero-order chi connectivity index (χ0) is 21.2. The highest BCUT2D eigenvalue weighted by Crippen LogP contribution is 2.25. The highest BCUT2D eigenvalue weighted by atomic mass is 35.5. The van der Waals surface area contributed by atoms with Crippen LogP contribution in [0.15, 0.2) is 35.2 Å². The normalized spacial score (nSPS) is 16.2. The number of nitrogens with zero attached hydrogens (tertiary/aromatic N) is 1. The molecular formula is C18H13ClF3N2O4S+. The fourth-order valence-corrected chi connectivity index (χ4v) is 3.67. The van der Waals surface area contributed by atoms with Crippen molar-refractivity contribution in [3.05, 3.63) is 62.6 Å². The first-order chi connectivity index (χ1) is 13.7. The van der Waals surface area contributed by atoms with E-state index in [1.54, 1.807) is 0 Å². The number of carbonyl (C=O) groups excluding carboxylic acids is 1. The predicted molar refractivity (Wildman–Crippen MR) is 99.1 cm³/mol. The molecule has 1 aliphatic heterocycles. The number of hydrogen-bond acceptors (Lipinski definition) is 4. The number of ether oxygens (including phenoxy) is 1. The van der Waals surface area contributed by atoms with Crippen molar-refractivity contribution in [2.24, 2.45) is 5.92 Å². The van der Waals surface area contributed by atoms with Crippen LogP contribution in [-0.2, 0) is 14.8 Å². The van der Waals surface area contributed by atoms with Crippen molar-refractivity contribution in [1.29, 1.82) is 0 Å². The average Bonchev–Trinajstić information content (AvgIpc) is 3.17. The van der Waals surface area contributed by atoms with Crippen molar-refractivity contribution in [1.82, 2.24) is 0 Å². The van der Waals surface area contributed by atoms with Gasteiger partial charge in [0.1, 0.15) is 23.1 Å². The lowest BCUT2D eigenvalue weighted by atomic mass is 10.1. The maximum Gasteiger partial charge on any atom is 0.513 e. The molecule has 1 N–H and O–H groups in total. The molecule has 2 aromatic rings. The molecule has 0 aliphatic carbocycles. The van der Waals surface area contributed by atoms with Crippen molar-refractivity contribution >= 4 is 33.2 Å². The van der Waals surface area contributed by atoms with Crippen LogP contribution in [0.25, 0.3) is 4.25 Å². The van der Waals surface area contributed by atoms with Gasteiger partial charge in [-0.1, -0.05) is 11.6 Å². The van der Waals surface area contributed by atoms with E-state index in [2.05, 4.69) is 15.6 Å². The molecule has 0 radical (unpaired) electrons. The fraction of sp³-hybridized carbons (Fsp3) is 0.222. The highest BCUT2D eigenvalue weighted by Gasteiger charge is 2.34. The predicted octanol–water partition coefficient (Wildman–Crippen LogP) is 4.07. The minimum atomic E-state index is -4.57. The molecule has 1 unspecified atom stereocenters. The van der Waals surface area contributed by atoms with Crippen LogP contribution in [0, 0.1) is 29.4 Å². The lowest BCUT2D eigenvalue weighted by Crippen LogP contribution is -2.17. The Bertz CT molecular complexity index is 1140. The number of benzene rings is 2. The molecule has 1 saturated heterocycles. The van der Waals surface area contributed by atoms with Crippen molar-refractivity contribution in [3.63, 3.8) is 0 Å². The standard InChI is InChI=1S/C18H12ClF3N2O4S/c19-12-7-11(1-2-13(12)20)24-18(25)16-14(21)3-4-15(17(16)22)29(26,27)23-8-10-5-6-28-9-10/h1-4,7,10H,5-6,9H2/p+1. The topological polar surface area (TPSA) is 76.8 Å². The highest BCUT2D eigenvalue weighted by molar-refractivity contribution is 7.93. The third kappa shape index (κ3) is 4.70. The Hall–Kier alpha value is -2.61. The molecule has 6 nitrogen and oxygen atoms in total. The summed E-state index contributed by atoms with van der Waals surface area (Å²) in [4.78, 5) is 11.3. The Morgan fingerprint density at radius 2 is 1.93 bits per heavy atom. The molecule has 152 valence electrons. The molecule has 1 aliphatic rings. The number of anilines is 1. The van der Waals surface area contributed by atoms with Gasteiger partial charge in [0, 0.05) is 12.3 Å². The van der Waals surface area contributed by atoms with Crippen LogP contribution in [0.3, 0.4) is 0 Å². The number of rotatable bonds is 3. The molecule has 2 aromatic carbocycles. The average molecular weight is 446 g/mol. The van der Waals surface area contributed by atoms with E-state index in [1.165, 1.54) is 0 Å². The summed E-state index contributed by atoms with van der Waals surface area (Å²) < 4.78 is 75.0. The molecule has 0 spiro atoms. The van der Waals surface area contributed by atoms with E-state index >= 15 is 0 Å². The Morgan fingerprint density at radius 3 is 2.59 bits per heavy atom. The summed E-state index contributed by atoms with van der Waals surface area (Å²) in [6.07, 6.45) is 0.513. The number of amides is 1. The van der Waals surface area contributed by atoms with E-state index in [9.17, 15) is 26.4 Å². The monoisotopic (exact) mass is 445 g/mol. The Morgan fingerprint density at radius 1 is 1.21 bits per heavy atom. The summed E-state index contributed by atoms with van der Waals surface area (Å²) >= 11 is 5.60. The van der Waals surface area contributed by atoms with Gasteiger partial charge in [-0.25, -0.2) is 13.2 Å². The summed E-state index contributed by atoms with van der Waals surface area (Å²) in [6.45, 7) is 0.661. The summed E-state index contributed by atoms with van der Waals surface area (Å²) in [5, 5.41) is 1.82. The number of halogens is 4. The lowest BCUT2D eigenvalue weighted by Gasteiger charge is -2.08. The lowest BCUT2D eigenvalue weighted by molar-refractivity contribution is 0.101.